The third-order valence-corrected chi connectivity index (χ3v) is 2.36. The monoisotopic (exact) mass is 187 g/mol. The van der Waals surface area contributed by atoms with Gasteiger partial charge in [0.1, 0.15) is 5.69 Å². The molecule has 2 rings (SSSR count). The molecule has 0 unspecified atom stereocenters. The number of aromatic nitrogens is 1. The van der Waals surface area contributed by atoms with E-state index >= 15 is 0 Å². The van der Waals surface area contributed by atoms with Gasteiger partial charge in [-0.15, -0.1) is 0 Å². The predicted molar refractivity (Wildman–Crippen MR) is 46.1 cm³/mol. The number of fused-ring (bicyclic) bond motifs is 1. The first-order valence-corrected chi connectivity index (χ1v) is 3.99. The molecule has 1 aromatic carbocycles. The van der Waals surface area contributed by atoms with Crippen LogP contribution in [0.25, 0.3) is 10.1 Å². The molecular weight excluding hydrogens is 181 g/mol. The van der Waals surface area contributed by atoms with Crippen LogP contribution in [0.5, 0.6) is 0 Å². The number of carbonyl (C=O) groups is 1. The van der Waals surface area contributed by atoms with E-state index in [1.165, 1.54) is 11.5 Å². The van der Waals surface area contributed by atoms with E-state index in [0.29, 0.717) is 5.69 Å². The molecule has 0 aliphatic carbocycles. The maximum atomic E-state index is 10.4. The standard InChI is InChI=1S/C8H5NOS.Na.H/c10-5-7-6-3-1-2-4-8(6)11-9-7;;/h1-5H;;/q;+1;-1. The molecule has 4 heteroatoms. The first-order valence-electron chi connectivity index (χ1n) is 3.21. The molecule has 0 saturated heterocycles. The largest absolute Gasteiger partial charge is 1.00 e. The number of hydrogen-bond donors (Lipinski definition) is 0. The summed E-state index contributed by atoms with van der Waals surface area (Å²) in [6, 6.07) is 7.71. The Kier molecular flexibility index (Phi) is 3.40. The fourth-order valence-corrected chi connectivity index (χ4v) is 1.74. The predicted octanol–water partition coefficient (Wildman–Crippen LogP) is -0.775. The van der Waals surface area contributed by atoms with Gasteiger partial charge in [-0.2, -0.15) is 4.37 Å². The van der Waals surface area contributed by atoms with Crippen molar-refractivity contribution in [3.05, 3.63) is 30.0 Å². The van der Waals surface area contributed by atoms with E-state index < -0.39 is 0 Å². The Labute approximate surface area is 97.5 Å². The minimum atomic E-state index is 0. The van der Waals surface area contributed by atoms with Gasteiger partial charge in [0.25, 0.3) is 0 Å². The fraction of sp³-hybridized carbons (Fsp3) is 0. The van der Waals surface area contributed by atoms with E-state index in [1.807, 2.05) is 24.3 Å². The topological polar surface area (TPSA) is 30.0 Å². The van der Waals surface area contributed by atoms with Crippen molar-refractivity contribution in [2.24, 2.45) is 0 Å². The third-order valence-electron chi connectivity index (χ3n) is 1.52. The molecule has 2 nitrogen and oxygen atoms in total. The fourth-order valence-electron chi connectivity index (χ4n) is 0.990. The van der Waals surface area contributed by atoms with Gasteiger partial charge in [-0.1, -0.05) is 18.2 Å². The van der Waals surface area contributed by atoms with Gasteiger partial charge in [0.2, 0.25) is 0 Å². The van der Waals surface area contributed by atoms with Gasteiger partial charge in [-0.05, 0) is 17.6 Å². The van der Waals surface area contributed by atoms with Crippen LogP contribution in [0.4, 0.5) is 0 Å². The van der Waals surface area contributed by atoms with Crippen LogP contribution in [0.15, 0.2) is 24.3 Å². The van der Waals surface area contributed by atoms with Crippen LogP contribution in [0.2, 0.25) is 0 Å². The average Bonchev–Trinajstić information content (AvgIpc) is 2.47. The summed E-state index contributed by atoms with van der Waals surface area (Å²) in [4.78, 5) is 10.4. The zero-order chi connectivity index (χ0) is 7.68. The Morgan fingerprint density at radius 1 is 1.42 bits per heavy atom. The second-order valence-corrected chi connectivity index (χ2v) is 2.99. The first kappa shape index (κ1) is 9.86. The van der Waals surface area contributed by atoms with Crippen LogP contribution in [0.1, 0.15) is 11.9 Å². The number of nitrogens with zero attached hydrogens (tertiary/aromatic N) is 1. The number of aldehydes is 1. The molecule has 0 bridgehead atoms. The van der Waals surface area contributed by atoms with Gasteiger partial charge >= 0.3 is 29.6 Å². The maximum absolute atomic E-state index is 10.4. The van der Waals surface area contributed by atoms with Gasteiger partial charge in [-0.25, -0.2) is 0 Å². The Morgan fingerprint density at radius 2 is 2.17 bits per heavy atom. The van der Waals surface area contributed by atoms with Gasteiger partial charge in [0, 0.05) is 5.39 Å². The van der Waals surface area contributed by atoms with Gasteiger partial charge in [0.05, 0.1) is 4.70 Å². The maximum Gasteiger partial charge on any atom is 1.00 e. The normalized spacial score (nSPS) is 9.33. The minimum Gasteiger partial charge on any atom is -1.00 e. The number of carbonyl (C=O) groups excluding carboxylic acids is 1. The molecule has 56 valence electrons. The minimum absolute atomic E-state index is 0. The van der Waals surface area contributed by atoms with Crippen molar-refractivity contribution in [3.63, 3.8) is 0 Å². The molecule has 0 N–H and O–H groups in total. The van der Waals surface area contributed by atoms with E-state index in [0.717, 1.165) is 16.4 Å². The zero-order valence-electron chi connectivity index (χ0n) is 7.65. The second-order valence-electron chi connectivity index (χ2n) is 2.18. The van der Waals surface area contributed by atoms with Gasteiger partial charge < -0.3 is 1.43 Å². The van der Waals surface area contributed by atoms with Crippen molar-refractivity contribution < 1.29 is 35.8 Å². The Hall–Kier alpha value is -0.220. The van der Waals surface area contributed by atoms with Crippen molar-refractivity contribution in [2.45, 2.75) is 0 Å². The Bertz CT molecular complexity index is 404. The van der Waals surface area contributed by atoms with E-state index in [2.05, 4.69) is 4.37 Å². The summed E-state index contributed by atoms with van der Waals surface area (Å²) in [6.45, 7) is 0. The summed E-state index contributed by atoms with van der Waals surface area (Å²) in [5, 5.41) is 0.951. The molecule has 0 aliphatic heterocycles. The van der Waals surface area contributed by atoms with Crippen molar-refractivity contribution >= 4 is 27.9 Å². The third kappa shape index (κ3) is 1.59. The molecule has 0 saturated carbocycles. The first-order chi connectivity index (χ1) is 5.42. The van der Waals surface area contributed by atoms with Crippen LogP contribution >= 0.6 is 11.5 Å². The molecule has 0 atom stereocenters. The molecular formula is C8H6NNaOS. The SMILES string of the molecule is O=Cc1nsc2ccccc12.[H-].[Na+]. The van der Waals surface area contributed by atoms with E-state index in [-0.39, 0.29) is 31.0 Å². The van der Waals surface area contributed by atoms with Crippen LogP contribution < -0.4 is 29.6 Å². The van der Waals surface area contributed by atoms with Crippen LogP contribution in [-0.4, -0.2) is 10.7 Å². The molecule has 1 heterocycles. The summed E-state index contributed by atoms with van der Waals surface area (Å²) in [5.74, 6) is 0. The van der Waals surface area contributed by atoms with Gasteiger partial charge in [0.15, 0.2) is 6.29 Å². The Morgan fingerprint density at radius 3 is 2.92 bits per heavy atom. The molecule has 2 aromatic rings. The molecule has 0 aliphatic rings. The van der Waals surface area contributed by atoms with E-state index in [1.54, 1.807) is 0 Å². The summed E-state index contributed by atoms with van der Waals surface area (Å²) in [5.41, 5.74) is 0.547. The molecule has 0 amide bonds. The number of rotatable bonds is 1. The summed E-state index contributed by atoms with van der Waals surface area (Å²) in [6.07, 6.45) is 0.791. The van der Waals surface area contributed by atoms with E-state index in [4.69, 9.17) is 0 Å². The number of hydrogen-bond acceptors (Lipinski definition) is 3. The summed E-state index contributed by atoms with van der Waals surface area (Å²) >= 11 is 1.36. The average molecular weight is 187 g/mol. The molecule has 1 aromatic heterocycles. The smallest absolute Gasteiger partial charge is 1.00 e. The van der Waals surface area contributed by atoms with Crippen LogP contribution in [0, 0.1) is 0 Å². The van der Waals surface area contributed by atoms with E-state index in [9.17, 15) is 4.79 Å². The summed E-state index contributed by atoms with van der Waals surface area (Å²) in [7, 11) is 0. The van der Waals surface area contributed by atoms with Gasteiger partial charge in [-0.3, -0.25) is 4.79 Å². The van der Waals surface area contributed by atoms with Crippen molar-refractivity contribution in [1.82, 2.24) is 4.37 Å². The number of benzene rings is 1. The molecule has 12 heavy (non-hydrogen) atoms. The van der Waals surface area contributed by atoms with Crippen molar-refractivity contribution in [3.8, 4) is 0 Å². The Balaban J connectivity index is 0.000000720. The van der Waals surface area contributed by atoms with Crippen molar-refractivity contribution in [1.29, 1.82) is 0 Å². The molecule has 0 fully saturated rings. The zero-order valence-corrected chi connectivity index (χ0v) is 9.47. The molecule has 0 spiro atoms. The van der Waals surface area contributed by atoms with Crippen LogP contribution in [0.3, 0.4) is 0 Å². The van der Waals surface area contributed by atoms with Crippen molar-refractivity contribution in [2.75, 3.05) is 0 Å². The second kappa shape index (κ2) is 4.14. The quantitative estimate of drug-likeness (QED) is 0.433. The summed E-state index contributed by atoms with van der Waals surface area (Å²) < 4.78 is 5.05. The van der Waals surface area contributed by atoms with Crippen LogP contribution in [-0.2, 0) is 0 Å². The molecule has 0 radical (unpaired) electrons.